The lowest BCUT2D eigenvalue weighted by Gasteiger charge is -2.22. The minimum Gasteiger partial charge on any atom is -0.306 e. The van der Waals surface area contributed by atoms with E-state index in [0.717, 1.165) is 0 Å². The highest BCUT2D eigenvalue weighted by Crippen LogP contribution is 2.50. The zero-order chi connectivity index (χ0) is 27.0. The molecule has 1 aliphatic carbocycles. The van der Waals surface area contributed by atoms with Gasteiger partial charge < -0.3 is 8.80 Å². The minimum absolute atomic E-state index is 0.0864. The molecule has 2 nitrogen and oxygen atoms in total. The summed E-state index contributed by atoms with van der Waals surface area (Å²) in [6.45, 7) is 4.76. The molecule has 1 aliphatic rings. The molecule has 0 atom stereocenters. The summed E-state index contributed by atoms with van der Waals surface area (Å²) in [7, 11) is 0. The number of nitrogens with zero attached hydrogens (tertiary/aromatic N) is 2. The summed E-state index contributed by atoms with van der Waals surface area (Å²) in [6.07, 6.45) is 0. The fourth-order valence-electron chi connectivity index (χ4n) is 8.06. The van der Waals surface area contributed by atoms with E-state index < -0.39 is 0 Å². The van der Waals surface area contributed by atoms with E-state index in [2.05, 4.69) is 144 Å². The second kappa shape index (κ2) is 7.16. The molecule has 6 aromatic carbocycles. The molecule has 0 bridgehead atoms. The van der Waals surface area contributed by atoms with Crippen molar-refractivity contribution in [2.24, 2.45) is 0 Å². The van der Waals surface area contributed by atoms with Crippen LogP contribution in [0.3, 0.4) is 0 Å². The molecule has 0 unspecified atom stereocenters. The quantitative estimate of drug-likeness (QED) is 0.187. The van der Waals surface area contributed by atoms with Crippen LogP contribution in [0, 0.1) is 0 Å². The molecule has 3 aromatic heterocycles. The third-order valence-electron chi connectivity index (χ3n) is 9.84. The molecule has 0 saturated heterocycles. The minimum atomic E-state index is -0.0864. The molecule has 0 saturated carbocycles. The van der Waals surface area contributed by atoms with Crippen molar-refractivity contribution >= 4 is 65.4 Å². The molecule has 0 amide bonds. The number of rotatable bonds is 0. The molecule has 0 spiro atoms. The van der Waals surface area contributed by atoms with E-state index in [0.29, 0.717) is 0 Å². The monoisotopic (exact) mass is 522 g/mol. The number of para-hydroxylation sites is 4. The van der Waals surface area contributed by atoms with Gasteiger partial charge in [-0.1, -0.05) is 111 Å². The molecule has 0 fully saturated rings. The van der Waals surface area contributed by atoms with Crippen LogP contribution in [0.15, 0.2) is 121 Å². The standard InChI is InChI=1S/C39H26N2/c1-39(2)31-18-6-3-11-23(31)30-21-35-36(22-32(30)39)41-34-20-8-5-13-25(34)27-15-10-17-29(38(27)41)28-16-9-14-26-24-12-4-7-19-33(24)40(35)37(26)28/h3-22H,1-2H3. The Bertz CT molecular complexity index is 2610. The zero-order valence-electron chi connectivity index (χ0n) is 22.9. The first-order valence-corrected chi connectivity index (χ1v) is 14.5. The Labute approximate surface area is 236 Å². The second-order valence-electron chi connectivity index (χ2n) is 12.2. The van der Waals surface area contributed by atoms with Crippen LogP contribution in [-0.2, 0) is 5.41 Å². The van der Waals surface area contributed by atoms with E-state index in [9.17, 15) is 0 Å². The highest BCUT2D eigenvalue weighted by Gasteiger charge is 2.36. The van der Waals surface area contributed by atoms with E-state index in [1.165, 1.54) is 87.7 Å². The second-order valence-corrected chi connectivity index (χ2v) is 12.2. The third kappa shape index (κ3) is 2.46. The van der Waals surface area contributed by atoms with Crippen molar-refractivity contribution in [2.45, 2.75) is 19.3 Å². The van der Waals surface area contributed by atoms with Gasteiger partial charge in [-0.2, -0.15) is 0 Å². The Morgan fingerprint density at radius 2 is 0.854 bits per heavy atom. The number of hydrogen-bond acceptors (Lipinski definition) is 0. The third-order valence-corrected chi connectivity index (χ3v) is 9.84. The van der Waals surface area contributed by atoms with Crippen molar-refractivity contribution in [1.82, 2.24) is 8.80 Å². The molecule has 9 aromatic rings. The Kier molecular flexibility index (Phi) is 3.79. The summed E-state index contributed by atoms with van der Waals surface area (Å²) < 4.78 is 5.09. The van der Waals surface area contributed by atoms with Crippen LogP contribution in [0.25, 0.3) is 76.5 Å². The SMILES string of the molecule is CC1(C)c2ccccc2-c2cc3c(cc21)n1c2ccccc2c2cccc(c4cccc5c6ccccc6n3c54)c21. The van der Waals surface area contributed by atoms with Crippen molar-refractivity contribution < 1.29 is 0 Å². The number of hydrogen-bond donors (Lipinski definition) is 0. The fourth-order valence-corrected chi connectivity index (χ4v) is 8.06. The average Bonchev–Trinajstić information content (AvgIpc) is 3.60. The van der Waals surface area contributed by atoms with Gasteiger partial charge in [0.2, 0.25) is 0 Å². The predicted molar refractivity (Wildman–Crippen MR) is 173 cm³/mol. The van der Waals surface area contributed by atoms with Crippen molar-refractivity contribution in [1.29, 1.82) is 0 Å². The van der Waals surface area contributed by atoms with Crippen molar-refractivity contribution in [3.63, 3.8) is 0 Å². The predicted octanol–water partition coefficient (Wildman–Crippen LogP) is 10.3. The van der Waals surface area contributed by atoms with E-state index >= 15 is 0 Å². The van der Waals surface area contributed by atoms with E-state index in [4.69, 9.17) is 0 Å². The zero-order valence-corrected chi connectivity index (χ0v) is 22.9. The van der Waals surface area contributed by atoms with Crippen molar-refractivity contribution in [3.8, 4) is 11.1 Å². The van der Waals surface area contributed by atoms with Gasteiger partial charge in [0.1, 0.15) is 0 Å². The maximum atomic E-state index is 2.55. The topological polar surface area (TPSA) is 8.82 Å². The molecule has 10 rings (SSSR count). The molecular weight excluding hydrogens is 496 g/mol. The van der Waals surface area contributed by atoms with Crippen LogP contribution in [0.2, 0.25) is 0 Å². The van der Waals surface area contributed by atoms with E-state index in [-0.39, 0.29) is 5.41 Å². The van der Waals surface area contributed by atoms with Crippen LogP contribution in [-0.4, -0.2) is 8.80 Å². The van der Waals surface area contributed by atoms with Gasteiger partial charge in [0.25, 0.3) is 0 Å². The van der Waals surface area contributed by atoms with Gasteiger partial charge in [-0.25, -0.2) is 0 Å². The molecule has 0 aliphatic heterocycles. The van der Waals surface area contributed by atoms with Crippen LogP contribution >= 0.6 is 0 Å². The first-order valence-electron chi connectivity index (χ1n) is 14.5. The van der Waals surface area contributed by atoms with Gasteiger partial charge in [0.15, 0.2) is 0 Å². The molecule has 41 heavy (non-hydrogen) atoms. The van der Waals surface area contributed by atoms with Crippen LogP contribution in [0.5, 0.6) is 0 Å². The highest BCUT2D eigenvalue weighted by molar-refractivity contribution is 6.25. The molecule has 0 N–H and O–H groups in total. The summed E-state index contributed by atoms with van der Waals surface area (Å²) in [6, 6.07) is 45.4. The average molecular weight is 523 g/mol. The molecule has 0 radical (unpaired) electrons. The molecular formula is C39H26N2. The van der Waals surface area contributed by atoms with Gasteiger partial charge in [-0.15, -0.1) is 0 Å². The number of aromatic nitrogens is 2. The Balaban J connectivity index is 1.63. The van der Waals surface area contributed by atoms with Crippen LogP contribution < -0.4 is 0 Å². The van der Waals surface area contributed by atoms with Gasteiger partial charge in [0.05, 0.1) is 33.1 Å². The van der Waals surface area contributed by atoms with E-state index in [1.807, 2.05) is 0 Å². The van der Waals surface area contributed by atoms with E-state index in [1.54, 1.807) is 0 Å². The maximum Gasteiger partial charge on any atom is 0.0709 e. The molecule has 2 heteroatoms. The summed E-state index contributed by atoms with van der Waals surface area (Å²) in [4.78, 5) is 0. The fraction of sp³-hybridized carbons (Fsp3) is 0.0769. The Morgan fingerprint density at radius 3 is 1.46 bits per heavy atom. The smallest absolute Gasteiger partial charge is 0.0709 e. The lowest BCUT2D eigenvalue weighted by Crippen LogP contribution is -2.15. The van der Waals surface area contributed by atoms with Gasteiger partial charge in [-0.3, -0.25) is 0 Å². The summed E-state index contributed by atoms with van der Waals surface area (Å²) in [5.74, 6) is 0. The normalized spacial score (nSPS) is 14.3. The molecule has 192 valence electrons. The summed E-state index contributed by atoms with van der Waals surface area (Å²) in [5, 5.41) is 7.74. The Hall–Kier alpha value is -5.08. The molecule has 3 heterocycles. The lowest BCUT2D eigenvalue weighted by molar-refractivity contribution is 0.661. The lowest BCUT2D eigenvalue weighted by atomic mass is 9.82. The largest absolute Gasteiger partial charge is 0.306 e. The number of fused-ring (bicyclic) bond motifs is 13. The first kappa shape index (κ1) is 21.7. The van der Waals surface area contributed by atoms with Crippen molar-refractivity contribution in [3.05, 3.63) is 132 Å². The van der Waals surface area contributed by atoms with Crippen LogP contribution in [0.1, 0.15) is 25.0 Å². The summed E-state index contributed by atoms with van der Waals surface area (Å²) in [5.41, 5.74) is 12.9. The highest BCUT2D eigenvalue weighted by atomic mass is 15.0. The Morgan fingerprint density at radius 1 is 0.390 bits per heavy atom. The van der Waals surface area contributed by atoms with Crippen LogP contribution in [0.4, 0.5) is 0 Å². The summed E-state index contributed by atoms with van der Waals surface area (Å²) >= 11 is 0. The first-order chi connectivity index (χ1) is 20.1. The van der Waals surface area contributed by atoms with Gasteiger partial charge >= 0.3 is 0 Å². The van der Waals surface area contributed by atoms with Crippen molar-refractivity contribution in [2.75, 3.05) is 0 Å². The van der Waals surface area contributed by atoms with Gasteiger partial charge in [0, 0.05) is 37.7 Å². The number of benzene rings is 6. The maximum absolute atomic E-state index is 2.55. The van der Waals surface area contributed by atoms with Gasteiger partial charge in [-0.05, 0) is 46.5 Å².